The summed E-state index contributed by atoms with van der Waals surface area (Å²) < 4.78 is 6.34. The Kier molecular flexibility index (Phi) is 4.79. The highest BCUT2D eigenvalue weighted by molar-refractivity contribution is 9.10. The first kappa shape index (κ1) is 14.6. The number of hydrogen-bond donors (Lipinski definition) is 1. The summed E-state index contributed by atoms with van der Waals surface area (Å²) >= 11 is 3.43. The molecule has 2 aromatic carbocycles. The number of benzene rings is 2. The Morgan fingerprint density at radius 3 is 2.75 bits per heavy atom. The van der Waals surface area contributed by atoms with E-state index in [1.807, 2.05) is 56.3 Å². The Morgan fingerprint density at radius 1 is 1.25 bits per heavy atom. The molecular formula is C16H16BrNO2. The lowest BCUT2D eigenvalue weighted by Gasteiger charge is -2.10. The summed E-state index contributed by atoms with van der Waals surface area (Å²) in [4.78, 5) is 12.3. The molecule has 0 spiro atoms. The maximum atomic E-state index is 12.3. The molecule has 0 fully saturated rings. The molecule has 0 heterocycles. The number of amides is 1. The zero-order valence-electron chi connectivity index (χ0n) is 11.4. The van der Waals surface area contributed by atoms with Gasteiger partial charge in [-0.05, 0) is 43.7 Å². The second-order valence-corrected chi connectivity index (χ2v) is 5.18. The summed E-state index contributed by atoms with van der Waals surface area (Å²) in [5.74, 6) is 0.619. The van der Waals surface area contributed by atoms with Gasteiger partial charge in [0.15, 0.2) is 0 Å². The molecule has 0 aliphatic rings. The fraction of sp³-hybridized carbons (Fsp3) is 0.188. The van der Waals surface area contributed by atoms with Crippen LogP contribution in [0.2, 0.25) is 0 Å². The molecule has 0 radical (unpaired) electrons. The van der Waals surface area contributed by atoms with Gasteiger partial charge >= 0.3 is 0 Å². The maximum absolute atomic E-state index is 12.3. The van der Waals surface area contributed by atoms with E-state index in [-0.39, 0.29) is 5.91 Å². The largest absolute Gasteiger partial charge is 0.494 e. The van der Waals surface area contributed by atoms with Crippen LogP contribution in [-0.4, -0.2) is 12.5 Å². The Morgan fingerprint density at radius 2 is 2.00 bits per heavy atom. The SMILES string of the molecule is CCOc1cccc(NC(=O)c2cccc(Br)c2C)c1. The fourth-order valence-corrected chi connectivity index (χ4v) is 2.25. The minimum absolute atomic E-state index is 0.127. The zero-order valence-corrected chi connectivity index (χ0v) is 13.0. The topological polar surface area (TPSA) is 38.3 Å². The second-order valence-electron chi connectivity index (χ2n) is 4.33. The van der Waals surface area contributed by atoms with E-state index < -0.39 is 0 Å². The van der Waals surface area contributed by atoms with Crippen LogP contribution >= 0.6 is 15.9 Å². The smallest absolute Gasteiger partial charge is 0.255 e. The summed E-state index contributed by atoms with van der Waals surface area (Å²) in [6.45, 7) is 4.44. The predicted molar refractivity (Wildman–Crippen MR) is 84.4 cm³/mol. The lowest BCUT2D eigenvalue weighted by atomic mass is 10.1. The molecule has 2 aromatic rings. The van der Waals surface area contributed by atoms with Gasteiger partial charge in [-0.1, -0.05) is 28.1 Å². The van der Waals surface area contributed by atoms with Crippen LogP contribution in [0.15, 0.2) is 46.9 Å². The van der Waals surface area contributed by atoms with Crippen LogP contribution in [0, 0.1) is 6.92 Å². The summed E-state index contributed by atoms with van der Waals surface area (Å²) in [6.07, 6.45) is 0. The molecule has 1 N–H and O–H groups in total. The van der Waals surface area contributed by atoms with Crippen molar-refractivity contribution in [1.29, 1.82) is 0 Å². The number of nitrogens with one attached hydrogen (secondary N) is 1. The van der Waals surface area contributed by atoms with Gasteiger partial charge in [-0.25, -0.2) is 0 Å². The molecule has 0 unspecified atom stereocenters. The van der Waals surface area contributed by atoms with Crippen molar-refractivity contribution in [3.05, 3.63) is 58.1 Å². The minimum Gasteiger partial charge on any atom is -0.494 e. The number of ether oxygens (including phenoxy) is 1. The van der Waals surface area contributed by atoms with Crippen molar-refractivity contribution >= 4 is 27.5 Å². The molecule has 104 valence electrons. The first-order valence-electron chi connectivity index (χ1n) is 6.41. The van der Waals surface area contributed by atoms with E-state index in [0.29, 0.717) is 12.2 Å². The third kappa shape index (κ3) is 3.39. The fourth-order valence-electron chi connectivity index (χ4n) is 1.88. The number of anilines is 1. The van der Waals surface area contributed by atoms with Crippen LogP contribution in [0.3, 0.4) is 0 Å². The molecule has 20 heavy (non-hydrogen) atoms. The first-order chi connectivity index (χ1) is 9.61. The minimum atomic E-state index is -0.127. The summed E-state index contributed by atoms with van der Waals surface area (Å²) in [7, 11) is 0. The molecule has 0 bridgehead atoms. The van der Waals surface area contributed by atoms with Gasteiger partial charge in [-0.2, -0.15) is 0 Å². The van der Waals surface area contributed by atoms with Gasteiger partial charge in [-0.3, -0.25) is 4.79 Å². The van der Waals surface area contributed by atoms with E-state index >= 15 is 0 Å². The molecule has 0 saturated heterocycles. The van der Waals surface area contributed by atoms with E-state index in [9.17, 15) is 4.79 Å². The normalized spacial score (nSPS) is 10.2. The lowest BCUT2D eigenvalue weighted by Crippen LogP contribution is -2.13. The Bertz CT molecular complexity index is 626. The van der Waals surface area contributed by atoms with Crippen LogP contribution in [-0.2, 0) is 0 Å². The highest BCUT2D eigenvalue weighted by Crippen LogP contribution is 2.22. The van der Waals surface area contributed by atoms with Crippen molar-refractivity contribution in [1.82, 2.24) is 0 Å². The quantitative estimate of drug-likeness (QED) is 0.899. The number of carbonyl (C=O) groups is 1. The monoisotopic (exact) mass is 333 g/mol. The molecule has 0 aliphatic heterocycles. The van der Waals surface area contributed by atoms with Gasteiger partial charge in [0.1, 0.15) is 5.75 Å². The van der Waals surface area contributed by atoms with Crippen molar-refractivity contribution in [2.45, 2.75) is 13.8 Å². The molecule has 3 nitrogen and oxygen atoms in total. The van der Waals surface area contributed by atoms with Gasteiger partial charge in [-0.15, -0.1) is 0 Å². The third-order valence-corrected chi connectivity index (χ3v) is 3.77. The summed E-state index contributed by atoms with van der Waals surface area (Å²) in [5.41, 5.74) is 2.30. The first-order valence-corrected chi connectivity index (χ1v) is 7.20. The van der Waals surface area contributed by atoms with Crippen molar-refractivity contribution in [2.24, 2.45) is 0 Å². The standard InChI is InChI=1S/C16H16BrNO2/c1-3-20-13-7-4-6-12(10-13)18-16(19)14-8-5-9-15(17)11(14)2/h4-10H,3H2,1-2H3,(H,18,19). The molecule has 2 rings (SSSR count). The summed E-state index contributed by atoms with van der Waals surface area (Å²) in [5, 5.41) is 2.89. The van der Waals surface area contributed by atoms with Gasteiger partial charge < -0.3 is 10.1 Å². The molecule has 0 saturated carbocycles. The van der Waals surface area contributed by atoms with Crippen LogP contribution in [0.25, 0.3) is 0 Å². The van der Waals surface area contributed by atoms with E-state index in [1.165, 1.54) is 0 Å². The summed E-state index contributed by atoms with van der Waals surface area (Å²) in [6, 6.07) is 13.0. The number of rotatable bonds is 4. The number of halogens is 1. The Balaban J connectivity index is 2.19. The second kappa shape index (κ2) is 6.57. The predicted octanol–water partition coefficient (Wildman–Crippen LogP) is 4.41. The van der Waals surface area contributed by atoms with Crippen molar-refractivity contribution in [2.75, 3.05) is 11.9 Å². The third-order valence-electron chi connectivity index (χ3n) is 2.92. The lowest BCUT2D eigenvalue weighted by molar-refractivity contribution is 0.102. The van der Waals surface area contributed by atoms with Crippen LogP contribution in [0.5, 0.6) is 5.75 Å². The van der Waals surface area contributed by atoms with E-state index in [1.54, 1.807) is 0 Å². The van der Waals surface area contributed by atoms with Crippen LogP contribution < -0.4 is 10.1 Å². The molecule has 0 atom stereocenters. The van der Waals surface area contributed by atoms with Gasteiger partial charge in [0.05, 0.1) is 6.61 Å². The highest BCUT2D eigenvalue weighted by Gasteiger charge is 2.11. The van der Waals surface area contributed by atoms with E-state index in [2.05, 4.69) is 21.2 Å². The molecule has 0 aliphatic carbocycles. The molecule has 0 aromatic heterocycles. The Labute approximate surface area is 127 Å². The van der Waals surface area contributed by atoms with Gasteiger partial charge in [0.2, 0.25) is 0 Å². The molecular weight excluding hydrogens is 318 g/mol. The average Bonchev–Trinajstić information content (AvgIpc) is 2.42. The zero-order chi connectivity index (χ0) is 14.5. The van der Waals surface area contributed by atoms with E-state index in [0.717, 1.165) is 21.5 Å². The van der Waals surface area contributed by atoms with Crippen molar-refractivity contribution < 1.29 is 9.53 Å². The van der Waals surface area contributed by atoms with E-state index in [4.69, 9.17) is 4.74 Å². The number of hydrogen-bond acceptors (Lipinski definition) is 2. The molecule has 4 heteroatoms. The van der Waals surface area contributed by atoms with Crippen LogP contribution in [0.1, 0.15) is 22.8 Å². The highest BCUT2D eigenvalue weighted by atomic mass is 79.9. The number of carbonyl (C=O) groups excluding carboxylic acids is 1. The van der Waals surface area contributed by atoms with Crippen LogP contribution in [0.4, 0.5) is 5.69 Å². The molecule has 1 amide bonds. The Hall–Kier alpha value is -1.81. The van der Waals surface area contributed by atoms with Gasteiger partial charge in [0.25, 0.3) is 5.91 Å². The maximum Gasteiger partial charge on any atom is 0.255 e. The van der Waals surface area contributed by atoms with Crippen molar-refractivity contribution in [3.63, 3.8) is 0 Å². The van der Waals surface area contributed by atoms with Crippen molar-refractivity contribution in [3.8, 4) is 5.75 Å². The average molecular weight is 334 g/mol. The van der Waals surface area contributed by atoms with Gasteiger partial charge in [0, 0.05) is 21.8 Å².